The van der Waals surface area contributed by atoms with Crippen molar-refractivity contribution in [3.63, 3.8) is 0 Å². The van der Waals surface area contributed by atoms with Crippen LogP contribution in [0.2, 0.25) is 0 Å². The van der Waals surface area contributed by atoms with Crippen molar-refractivity contribution in [3.05, 3.63) is 71.8 Å². The standard InChI is InChI=1S/C19H26NO3P/c1-15(2)19(24(21,22-3)23-4)20-18(16-11-7-5-8-12-16)17-13-9-6-10-14-17/h5-15,18-20H,1-4H3/t19-/m0/s1. The van der Waals surface area contributed by atoms with E-state index < -0.39 is 13.4 Å². The van der Waals surface area contributed by atoms with Gasteiger partial charge in [-0.1, -0.05) is 74.5 Å². The van der Waals surface area contributed by atoms with Crippen molar-refractivity contribution in [3.8, 4) is 0 Å². The second-order valence-electron chi connectivity index (χ2n) is 6.01. The number of rotatable bonds is 8. The molecule has 0 aliphatic rings. The van der Waals surface area contributed by atoms with E-state index in [2.05, 4.69) is 29.6 Å². The molecule has 0 aliphatic heterocycles. The van der Waals surface area contributed by atoms with Crippen molar-refractivity contribution in [1.82, 2.24) is 5.32 Å². The molecule has 130 valence electrons. The van der Waals surface area contributed by atoms with Gasteiger partial charge in [0.1, 0.15) is 5.78 Å². The van der Waals surface area contributed by atoms with Crippen LogP contribution in [0.4, 0.5) is 0 Å². The molecule has 1 N–H and O–H groups in total. The Balaban J connectivity index is 2.42. The minimum Gasteiger partial charge on any atom is -0.311 e. The first-order valence-electron chi connectivity index (χ1n) is 8.09. The third-order valence-corrected chi connectivity index (χ3v) is 6.53. The van der Waals surface area contributed by atoms with E-state index in [-0.39, 0.29) is 12.0 Å². The van der Waals surface area contributed by atoms with Crippen LogP contribution in [0, 0.1) is 5.92 Å². The number of benzene rings is 2. The molecule has 0 radical (unpaired) electrons. The van der Waals surface area contributed by atoms with Crippen molar-refractivity contribution in [2.45, 2.75) is 25.7 Å². The molecule has 0 unspecified atom stereocenters. The summed E-state index contributed by atoms with van der Waals surface area (Å²) >= 11 is 0. The van der Waals surface area contributed by atoms with Gasteiger partial charge in [0.15, 0.2) is 0 Å². The van der Waals surface area contributed by atoms with E-state index in [0.29, 0.717) is 0 Å². The van der Waals surface area contributed by atoms with E-state index >= 15 is 0 Å². The highest BCUT2D eigenvalue weighted by Gasteiger charge is 2.38. The highest BCUT2D eigenvalue weighted by Crippen LogP contribution is 2.53. The molecule has 1 atom stereocenters. The Labute approximate surface area is 144 Å². The molecule has 2 aromatic rings. The zero-order chi connectivity index (χ0) is 17.6. The molecule has 5 heteroatoms. The van der Waals surface area contributed by atoms with Gasteiger partial charge < -0.3 is 9.05 Å². The summed E-state index contributed by atoms with van der Waals surface area (Å²) in [5, 5.41) is 3.52. The van der Waals surface area contributed by atoms with Gasteiger partial charge in [-0.05, 0) is 17.0 Å². The van der Waals surface area contributed by atoms with Crippen LogP contribution < -0.4 is 5.32 Å². The maximum atomic E-state index is 13.0. The molecule has 0 amide bonds. The highest BCUT2D eigenvalue weighted by atomic mass is 31.2. The average molecular weight is 347 g/mol. The van der Waals surface area contributed by atoms with Gasteiger partial charge in [0, 0.05) is 14.2 Å². The zero-order valence-corrected chi connectivity index (χ0v) is 15.6. The van der Waals surface area contributed by atoms with Crippen LogP contribution in [0.3, 0.4) is 0 Å². The van der Waals surface area contributed by atoms with Gasteiger partial charge in [-0.2, -0.15) is 0 Å². The van der Waals surface area contributed by atoms with Crippen molar-refractivity contribution in [1.29, 1.82) is 0 Å². The fourth-order valence-electron chi connectivity index (χ4n) is 2.80. The Morgan fingerprint density at radius 1 is 0.833 bits per heavy atom. The maximum Gasteiger partial charge on any atom is 0.347 e. The third-order valence-electron chi connectivity index (χ3n) is 4.08. The van der Waals surface area contributed by atoms with Crippen LogP contribution in [0.5, 0.6) is 0 Å². The third kappa shape index (κ3) is 4.34. The SMILES string of the molecule is COP(=O)(OC)[C@H](NC(c1ccccc1)c1ccccc1)C(C)C. The van der Waals surface area contributed by atoms with Crippen molar-refractivity contribution in [2.24, 2.45) is 5.92 Å². The topological polar surface area (TPSA) is 47.6 Å². The monoisotopic (exact) mass is 347 g/mol. The molecule has 2 aromatic carbocycles. The molecule has 0 aliphatic carbocycles. The summed E-state index contributed by atoms with van der Waals surface area (Å²) in [6.45, 7) is 4.02. The molecule has 2 rings (SSSR count). The minimum absolute atomic E-state index is 0.0747. The molecule has 0 heterocycles. The first kappa shape index (κ1) is 18.9. The van der Waals surface area contributed by atoms with Gasteiger partial charge >= 0.3 is 7.60 Å². The average Bonchev–Trinajstić information content (AvgIpc) is 2.63. The molecule has 4 nitrogen and oxygen atoms in total. The molecular weight excluding hydrogens is 321 g/mol. The van der Waals surface area contributed by atoms with E-state index in [9.17, 15) is 4.57 Å². The van der Waals surface area contributed by atoms with Crippen LogP contribution in [0.15, 0.2) is 60.7 Å². The zero-order valence-electron chi connectivity index (χ0n) is 14.7. The Hall–Kier alpha value is -1.45. The van der Waals surface area contributed by atoms with Gasteiger partial charge in [-0.3, -0.25) is 9.88 Å². The Morgan fingerprint density at radius 3 is 1.58 bits per heavy atom. The lowest BCUT2D eigenvalue weighted by atomic mass is 9.98. The second-order valence-corrected chi connectivity index (χ2v) is 8.38. The molecule has 0 aromatic heterocycles. The second kappa shape index (κ2) is 8.59. The van der Waals surface area contributed by atoms with Crippen molar-refractivity contribution in [2.75, 3.05) is 14.2 Å². The van der Waals surface area contributed by atoms with Crippen molar-refractivity contribution < 1.29 is 13.6 Å². The molecule has 24 heavy (non-hydrogen) atoms. The lowest BCUT2D eigenvalue weighted by molar-refractivity contribution is 0.244. The van der Waals surface area contributed by atoms with Crippen LogP contribution in [0.1, 0.15) is 31.0 Å². The van der Waals surface area contributed by atoms with Crippen molar-refractivity contribution >= 4 is 7.60 Å². The summed E-state index contributed by atoms with van der Waals surface area (Å²) in [6, 6.07) is 20.1. The van der Waals surface area contributed by atoms with Crippen LogP contribution in [0.25, 0.3) is 0 Å². The molecule has 0 saturated carbocycles. The molecule has 0 bridgehead atoms. The van der Waals surface area contributed by atoms with Crippen LogP contribution in [-0.2, 0) is 13.6 Å². The summed E-state index contributed by atoms with van der Waals surface area (Å²) in [7, 11) is -0.389. The predicted octanol–water partition coefficient (Wildman–Crippen LogP) is 4.83. The minimum atomic E-state index is -3.25. The van der Waals surface area contributed by atoms with Gasteiger partial charge in [-0.25, -0.2) is 0 Å². The smallest absolute Gasteiger partial charge is 0.311 e. The molecule has 0 saturated heterocycles. The molecule has 0 fully saturated rings. The first-order chi connectivity index (χ1) is 11.5. The maximum absolute atomic E-state index is 13.0. The Bertz CT molecular complexity index is 613. The van der Waals surface area contributed by atoms with E-state index in [1.54, 1.807) is 0 Å². The summed E-state index contributed by atoms with van der Waals surface area (Å²) in [5.41, 5.74) is 2.21. The number of hydrogen-bond acceptors (Lipinski definition) is 4. The van der Waals surface area contributed by atoms with E-state index in [1.165, 1.54) is 14.2 Å². The van der Waals surface area contributed by atoms with E-state index in [4.69, 9.17) is 9.05 Å². The lowest BCUT2D eigenvalue weighted by Crippen LogP contribution is -2.38. The van der Waals surface area contributed by atoms with Gasteiger partial charge in [-0.15, -0.1) is 0 Å². The fraction of sp³-hybridized carbons (Fsp3) is 0.368. The quantitative estimate of drug-likeness (QED) is 0.695. The summed E-state index contributed by atoms with van der Waals surface area (Å²) in [6.07, 6.45) is 0. The molecule has 0 spiro atoms. The van der Waals surface area contributed by atoms with Gasteiger partial charge in [0.2, 0.25) is 0 Å². The normalized spacial score (nSPS) is 13.4. The summed E-state index contributed by atoms with van der Waals surface area (Å²) in [4.78, 5) is 0. The first-order valence-corrected chi connectivity index (χ1v) is 9.70. The number of nitrogens with one attached hydrogen (secondary N) is 1. The Kier molecular flexibility index (Phi) is 6.76. The van der Waals surface area contributed by atoms with Gasteiger partial charge in [0.05, 0.1) is 6.04 Å². The largest absolute Gasteiger partial charge is 0.347 e. The molecular formula is C19H26NO3P. The predicted molar refractivity (Wildman–Crippen MR) is 98.1 cm³/mol. The lowest BCUT2D eigenvalue weighted by Gasteiger charge is -2.32. The summed E-state index contributed by atoms with van der Waals surface area (Å²) in [5.74, 6) is -0.344. The van der Waals surface area contributed by atoms with Gasteiger partial charge in [0.25, 0.3) is 0 Å². The summed E-state index contributed by atoms with van der Waals surface area (Å²) < 4.78 is 23.5. The number of hydrogen-bond donors (Lipinski definition) is 1. The van der Waals surface area contributed by atoms with E-state index in [1.807, 2.05) is 50.2 Å². The Morgan fingerprint density at radius 2 is 1.25 bits per heavy atom. The highest BCUT2D eigenvalue weighted by molar-refractivity contribution is 7.54. The van der Waals surface area contributed by atoms with Crippen LogP contribution >= 0.6 is 7.60 Å². The van der Waals surface area contributed by atoms with Crippen LogP contribution in [-0.4, -0.2) is 20.0 Å². The van der Waals surface area contributed by atoms with E-state index in [0.717, 1.165) is 11.1 Å². The fourth-order valence-corrected chi connectivity index (χ4v) is 4.46.